The van der Waals surface area contributed by atoms with Crippen LogP contribution >= 0.6 is 0 Å². The third kappa shape index (κ3) is 5.66. The zero-order chi connectivity index (χ0) is 24.8. The van der Waals surface area contributed by atoms with E-state index in [1.807, 2.05) is 31.2 Å². The maximum atomic E-state index is 13.0. The third-order valence-corrected chi connectivity index (χ3v) is 7.39. The number of fused-ring (bicyclic) bond motifs is 3. The van der Waals surface area contributed by atoms with Crippen LogP contribution < -0.4 is 10.6 Å². The minimum Gasteiger partial charge on any atom is -0.481 e. The molecule has 7 heteroatoms. The summed E-state index contributed by atoms with van der Waals surface area (Å²) in [4.78, 5) is 36.9. The topological polar surface area (TPSA) is 105 Å². The summed E-state index contributed by atoms with van der Waals surface area (Å²) in [6, 6.07) is 16.3. The summed E-state index contributed by atoms with van der Waals surface area (Å²) in [7, 11) is 0. The Bertz CT molecular complexity index is 1030. The highest BCUT2D eigenvalue weighted by atomic mass is 16.5. The van der Waals surface area contributed by atoms with Gasteiger partial charge in [0.15, 0.2) is 0 Å². The fourth-order valence-electron chi connectivity index (χ4n) is 5.51. The van der Waals surface area contributed by atoms with Crippen LogP contribution in [-0.4, -0.2) is 41.8 Å². The molecule has 1 saturated carbocycles. The molecule has 2 aliphatic rings. The van der Waals surface area contributed by atoms with Crippen LogP contribution in [0.5, 0.6) is 0 Å². The predicted octanol–water partition coefficient (Wildman–Crippen LogP) is 4.85. The molecule has 7 nitrogen and oxygen atoms in total. The number of rotatable bonds is 9. The van der Waals surface area contributed by atoms with E-state index >= 15 is 0 Å². The molecule has 0 heterocycles. The fraction of sp³-hybridized carbons (Fsp3) is 0.464. The summed E-state index contributed by atoms with van der Waals surface area (Å²) < 4.78 is 5.58. The van der Waals surface area contributed by atoms with E-state index in [0.717, 1.165) is 41.5 Å². The second-order valence-electron chi connectivity index (χ2n) is 9.71. The normalized spacial score (nSPS) is 17.1. The lowest BCUT2D eigenvalue weighted by Gasteiger charge is -2.38. The van der Waals surface area contributed by atoms with Crippen LogP contribution in [0.2, 0.25) is 0 Å². The summed E-state index contributed by atoms with van der Waals surface area (Å²) >= 11 is 0. The Kier molecular flexibility index (Phi) is 7.73. The number of carbonyl (C=O) groups is 3. The minimum atomic E-state index is -0.906. The maximum absolute atomic E-state index is 13.0. The van der Waals surface area contributed by atoms with Crippen molar-refractivity contribution < 1.29 is 24.2 Å². The lowest BCUT2D eigenvalue weighted by Crippen LogP contribution is -2.53. The average Bonchev–Trinajstić information content (AvgIpc) is 3.17. The largest absolute Gasteiger partial charge is 0.481 e. The highest BCUT2D eigenvalue weighted by molar-refractivity contribution is 5.82. The molecule has 1 unspecified atom stereocenters. The molecule has 0 spiro atoms. The minimum absolute atomic E-state index is 0.0272. The van der Waals surface area contributed by atoms with E-state index < -0.39 is 23.5 Å². The molecule has 4 rings (SSSR count). The highest BCUT2D eigenvalue weighted by Crippen LogP contribution is 2.44. The summed E-state index contributed by atoms with van der Waals surface area (Å²) in [5, 5.41) is 15.1. The number of ether oxygens (including phenoxy) is 1. The second kappa shape index (κ2) is 10.9. The molecule has 0 saturated heterocycles. The zero-order valence-electron chi connectivity index (χ0n) is 20.2. The van der Waals surface area contributed by atoms with Gasteiger partial charge in [-0.05, 0) is 41.5 Å². The van der Waals surface area contributed by atoms with Crippen LogP contribution in [0.1, 0.15) is 68.9 Å². The van der Waals surface area contributed by atoms with Crippen LogP contribution in [0.4, 0.5) is 4.79 Å². The van der Waals surface area contributed by atoms with Crippen LogP contribution in [0.25, 0.3) is 11.1 Å². The van der Waals surface area contributed by atoms with Gasteiger partial charge in [0.05, 0.1) is 17.9 Å². The standard InChI is InChI=1S/C28H34N2O5/c1-2-19(26(33)30-28(16-25(31)32)14-8-3-9-15-28)17-29-27(34)35-18-24-22-12-6-4-10-20(22)21-11-5-7-13-23(21)24/h4-7,10-13,19,24H,2-3,8-9,14-18H2,1H3,(H,29,34)(H,30,33)(H,31,32). The number of carboxylic acids is 1. The van der Waals surface area contributed by atoms with E-state index in [0.29, 0.717) is 19.3 Å². The second-order valence-corrected chi connectivity index (χ2v) is 9.71. The van der Waals surface area contributed by atoms with Crippen molar-refractivity contribution in [3.05, 3.63) is 59.7 Å². The Morgan fingerprint density at radius 1 is 1.00 bits per heavy atom. The van der Waals surface area contributed by atoms with Crippen molar-refractivity contribution in [3.8, 4) is 11.1 Å². The van der Waals surface area contributed by atoms with Crippen molar-refractivity contribution in [2.45, 2.75) is 63.3 Å². The molecule has 35 heavy (non-hydrogen) atoms. The van der Waals surface area contributed by atoms with Gasteiger partial charge in [0.2, 0.25) is 5.91 Å². The van der Waals surface area contributed by atoms with Gasteiger partial charge in [-0.25, -0.2) is 4.79 Å². The summed E-state index contributed by atoms with van der Waals surface area (Å²) in [5.74, 6) is -1.60. The molecular formula is C28H34N2O5. The quantitative estimate of drug-likeness (QED) is 0.478. The van der Waals surface area contributed by atoms with Crippen LogP contribution in [0.15, 0.2) is 48.5 Å². The zero-order valence-corrected chi connectivity index (χ0v) is 20.2. The first kappa shape index (κ1) is 24.8. The molecule has 2 aromatic rings. The van der Waals surface area contributed by atoms with Gasteiger partial charge in [-0.1, -0.05) is 74.7 Å². The SMILES string of the molecule is CCC(CNC(=O)OCC1c2ccccc2-c2ccccc21)C(=O)NC1(CC(=O)O)CCCCC1. The first-order valence-corrected chi connectivity index (χ1v) is 12.5. The molecule has 1 fully saturated rings. The Labute approximate surface area is 206 Å². The van der Waals surface area contributed by atoms with Crippen LogP contribution in [0, 0.1) is 5.92 Å². The molecule has 0 bridgehead atoms. The van der Waals surface area contributed by atoms with Crippen molar-refractivity contribution >= 4 is 18.0 Å². The first-order valence-electron chi connectivity index (χ1n) is 12.5. The highest BCUT2D eigenvalue weighted by Gasteiger charge is 2.37. The molecule has 0 aliphatic heterocycles. The summed E-state index contributed by atoms with van der Waals surface area (Å²) in [6.07, 6.45) is 4.09. The van der Waals surface area contributed by atoms with E-state index in [-0.39, 0.29) is 31.4 Å². The van der Waals surface area contributed by atoms with Crippen LogP contribution in [-0.2, 0) is 14.3 Å². The van der Waals surface area contributed by atoms with E-state index in [1.54, 1.807) is 0 Å². The van der Waals surface area contributed by atoms with E-state index in [4.69, 9.17) is 4.74 Å². The van der Waals surface area contributed by atoms with Gasteiger partial charge in [-0.2, -0.15) is 0 Å². The van der Waals surface area contributed by atoms with Gasteiger partial charge < -0.3 is 20.5 Å². The molecule has 0 radical (unpaired) electrons. The molecule has 2 amide bonds. The van der Waals surface area contributed by atoms with Gasteiger partial charge in [0.1, 0.15) is 6.61 Å². The van der Waals surface area contributed by atoms with E-state index in [1.165, 1.54) is 0 Å². The van der Waals surface area contributed by atoms with Crippen molar-refractivity contribution in [1.82, 2.24) is 10.6 Å². The number of amides is 2. The number of carboxylic acid groups (broad SMARTS) is 1. The fourth-order valence-corrected chi connectivity index (χ4v) is 5.51. The molecule has 2 aliphatic carbocycles. The number of hydrogen-bond donors (Lipinski definition) is 3. The maximum Gasteiger partial charge on any atom is 0.407 e. The lowest BCUT2D eigenvalue weighted by atomic mass is 9.79. The van der Waals surface area contributed by atoms with E-state index in [9.17, 15) is 19.5 Å². The Morgan fingerprint density at radius 3 is 2.17 bits per heavy atom. The van der Waals surface area contributed by atoms with Crippen molar-refractivity contribution in [2.24, 2.45) is 5.92 Å². The number of nitrogens with one attached hydrogen (secondary N) is 2. The Hall–Kier alpha value is -3.35. The number of carbonyl (C=O) groups excluding carboxylic acids is 2. The Morgan fingerprint density at radius 2 is 1.60 bits per heavy atom. The van der Waals surface area contributed by atoms with Crippen molar-refractivity contribution in [2.75, 3.05) is 13.2 Å². The van der Waals surface area contributed by atoms with Gasteiger partial charge in [-0.3, -0.25) is 9.59 Å². The molecule has 1 atom stereocenters. The van der Waals surface area contributed by atoms with E-state index in [2.05, 4.69) is 34.9 Å². The lowest BCUT2D eigenvalue weighted by molar-refractivity contribution is -0.140. The van der Waals surface area contributed by atoms with Gasteiger partial charge in [-0.15, -0.1) is 0 Å². The number of alkyl carbamates (subject to hydrolysis) is 1. The molecule has 2 aromatic carbocycles. The summed E-state index contributed by atoms with van der Waals surface area (Å²) in [6.45, 7) is 2.24. The first-order chi connectivity index (χ1) is 16.9. The molecular weight excluding hydrogens is 444 g/mol. The van der Waals surface area contributed by atoms with Crippen molar-refractivity contribution in [1.29, 1.82) is 0 Å². The number of aliphatic carboxylic acids is 1. The number of benzene rings is 2. The van der Waals surface area contributed by atoms with Gasteiger partial charge in [0.25, 0.3) is 0 Å². The predicted molar refractivity (Wildman–Crippen MR) is 133 cm³/mol. The number of hydrogen-bond acceptors (Lipinski definition) is 4. The van der Waals surface area contributed by atoms with Gasteiger partial charge >= 0.3 is 12.1 Å². The average molecular weight is 479 g/mol. The Balaban J connectivity index is 1.32. The molecule has 186 valence electrons. The van der Waals surface area contributed by atoms with Crippen LogP contribution in [0.3, 0.4) is 0 Å². The summed E-state index contributed by atoms with van der Waals surface area (Å²) in [5.41, 5.74) is 3.92. The molecule has 0 aromatic heterocycles. The van der Waals surface area contributed by atoms with Gasteiger partial charge in [0, 0.05) is 12.5 Å². The smallest absolute Gasteiger partial charge is 0.407 e. The third-order valence-electron chi connectivity index (χ3n) is 7.39. The molecule has 3 N–H and O–H groups in total. The van der Waals surface area contributed by atoms with Crippen molar-refractivity contribution in [3.63, 3.8) is 0 Å². The monoisotopic (exact) mass is 478 g/mol.